The van der Waals surface area contributed by atoms with Crippen molar-refractivity contribution in [3.8, 4) is 0 Å². The molecule has 0 radical (unpaired) electrons. The number of carboxylic acid groups (broad SMARTS) is 1. The highest BCUT2D eigenvalue weighted by Crippen LogP contribution is 2.27. The van der Waals surface area contributed by atoms with E-state index < -0.39 is 18.3 Å². The van der Waals surface area contributed by atoms with Gasteiger partial charge in [-0.3, -0.25) is 14.5 Å². The number of carboxylic acids is 1. The molecule has 0 fully saturated rings. The molecule has 0 aromatic heterocycles. The number of carbonyl (C=O) groups excluding carboxylic acids is 1. The van der Waals surface area contributed by atoms with Gasteiger partial charge in [-0.15, -0.1) is 0 Å². The van der Waals surface area contributed by atoms with Crippen LogP contribution in [0.25, 0.3) is 0 Å². The van der Waals surface area contributed by atoms with Gasteiger partial charge in [-0.05, 0) is 12.1 Å². The van der Waals surface area contributed by atoms with E-state index in [1.165, 1.54) is 12.1 Å². The molecule has 0 saturated carbocycles. The lowest BCUT2D eigenvalue weighted by Crippen LogP contribution is -2.29. The maximum absolute atomic E-state index is 13.3. The Balaban J connectivity index is 3.11. The second kappa shape index (κ2) is 4.75. The highest BCUT2D eigenvalue weighted by atomic mass is 35.5. The van der Waals surface area contributed by atoms with E-state index >= 15 is 0 Å². The zero-order valence-electron chi connectivity index (χ0n) is 7.48. The molecule has 1 rings (SSSR count). The monoisotopic (exact) mass is 231 g/mol. The number of anilines is 1. The molecule has 0 spiro atoms. The van der Waals surface area contributed by atoms with Crippen molar-refractivity contribution in [1.82, 2.24) is 0 Å². The van der Waals surface area contributed by atoms with E-state index in [4.69, 9.17) is 16.7 Å². The molecule has 1 aromatic rings. The number of aliphatic carboxylic acids is 1. The fraction of sp³-hybridized carbons (Fsp3) is 0.111. The Morgan fingerprint density at radius 3 is 2.73 bits per heavy atom. The molecule has 4 nitrogen and oxygen atoms in total. The van der Waals surface area contributed by atoms with Gasteiger partial charge >= 0.3 is 5.97 Å². The molecule has 0 aliphatic rings. The largest absolute Gasteiger partial charge is 0.480 e. The molecule has 0 bridgehead atoms. The van der Waals surface area contributed by atoms with Gasteiger partial charge in [0, 0.05) is 0 Å². The summed E-state index contributed by atoms with van der Waals surface area (Å²) in [5.74, 6) is -1.99. The van der Waals surface area contributed by atoms with Gasteiger partial charge in [0.2, 0.25) is 6.41 Å². The maximum Gasteiger partial charge on any atom is 0.323 e. The van der Waals surface area contributed by atoms with Crippen LogP contribution in [0.5, 0.6) is 0 Å². The fourth-order valence-corrected chi connectivity index (χ4v) is 1.35. The highest BCUT2D eigenvalue weighted by molar-refractivity contribution is 6.33. The van der Waals surface area contributed by atoms with E-state index in [9.17, 15) is 14.0 Å². The molecule has 0 aliphatic carbocycles. The van der Waals surface area contributed by atoms with Crippen LogP contribution in [0.2, 0.25) is 5.02 Å². The van der Waals surface area contributed by atoms with Crippen LogP contribution in [0.3, 0.4) is 0 Å². The summed E-state index contributed by atoms with van der Waals surface area (Å²) in [7, 11) is 0. The highest BCUT2D eigenvalue weighted by Gasteiger charge is 2.16. The molecule has 15 heavy (non-hydrogen) atoms. The number of nitrogens with zero attached hydrogens (tertiary/aromatic N) is 1. The van der Waals surface area contributed by atoms with Crippen molar-refractivity contribution in [1.29, 1.82) is 0 Å². The van der Waals surface area contributed by atoms with Gasteiger partial charge in [-0.1, -0.05) is 17.7 Å². The third-order valence-electron chi connectivity index (χ3n) is 1.66. The first-order valence-corrected chi connectivity index (χ1v) is 4.31. The van der Waals surface area contributed by atoms with E-state index in [1.807, 2.05) is 0 Å². The zero-order valence-corrected chi connectivity index (χ0v) is 8.24. The van der Waals surface area contributed by atoms with Crippen molar-refractivity contribution in [2.75, 3.05) is 11.4 Å². The first kappa shape index (κ1) is 11.5. The number of rotatable bonds is 4. The number of para-hydroxylation sites is 1. The van der Waals surface area contributed by atoms with Gasteiger partial charge in [0.05, 0.1) is 10.7 Å². The van der Waals surface area contributed by atoms with Crippen LogP contribution in [-0.2, 0) is 9.59 Å². The minimum Gasteiger partial charge on any atom is -0.480 e. The molecular formula is C9H7ClFNO3. The Morgan fingerprint density at radius 2 is 2.27 bits per heavy atom. The molecule has 1 N–H and O–H groups in total. The van der Waals surface area contributed by atoms with Crippen LogP contribution >= 0.6 is 11.6 Å². The summed E-state index contributed by atoms with van der Waals surface area (Å²) in [5, 5.41) is 8.48. The number of hydrogen-bond donors (Lipinski definition) is 1. The first-order chi connectivity index (χ1) is 7.06. The summed E-state index contributed by atoms with van der Waals surface area (Å²) in [6.07, 6.45) is 0.221. The molecule has 0 aliphatic heterocycles. The quantitative estimate of drug-likeness (QED) is 0.800. The topological polar surface area (TPSA) is 57.6 Å². The molecule has 1 aromatic carbocycles. The van der Waals surface area contributed by atoms with E-state index in [0.29, 0.717) is 4.90 Å². The Morgan fingerprint density at radius 1 is 1.60 bits per heavy atom. The number of amides is 1. The number of carbonyl (C=O) groups is 2. The third-order valence-corrected chi connectivity index (χ3v) is 1.96. The van der Waals surface area contributed by atoms with Gasteiger partial charge in [-0.25, -0.2) is 4.39 Å². The van der Waals surface area contributed by atoms with Crippen molar-refractivity contribution >= 4 is 29.7 Å². The van der Waals surface area contributed by atoms with Crippen molar-refractivity contribution in [2.24, 2.45) is 0 Å². The van der Waals surface area contributed by atoms with Gasteiger partial charge < -0.3 is 5.11 Å². The lowest BCUT2D eigenvalue weighted by molar-refractivity contribution is -0.136. The van der Waals surface area contributed by atoms with E-state index in [-0.39, 0.29) is 17.1 Å². The van der Waals surface area contributed by atoms with Crippen molar-refractivity contribution in [3.63, 3.8) is 0 Å². The van der Waals surface area contributed by atoms with Crippen LogP contribution in [0, 0.1) is 5.82 Å². The lowest BCUT2D eigenvalue weighted by atomic mass is 10.3. The minimum atomic E-state index is -1.25. The number of halogens is 2. The van der Waals surface area contributed by atoms with Crippen LogP contribution in [0.4, 0.5) is 10.1 Å². The van der Waals surface area contributed by atoms with Crippen molar-refractivity contribution in [2.45, 2.75) is 0 Å². The summed E-state index contributed by atoms with van der Waals surface area (Å²) in [5.41, 5.74) is -0.225. The van der Waals surface area contributed by atoms with Gasteiger partial charge in [0.1, 0.15) is 12.4 Å². The average Bonchev–Trinajstić information content (AvgIpc) is 2.15. The summed E-state index contributed by atoms with van der Waals surface area (Å²) >= 11 is 5.65. The van der Waals surface area contributed by atoms with Crippen LogP contribution in [0.1, 0.15) is 0 Å². The van der Waals surface area contributed by atoms with Crippen LogP contribution in [0.15, 0.2) is 18.2 Å². The predicted molar refractivity (Wildman–Crippen MR) is 52.5 cm³/mol. The van der Waals surface area contributed by atoms with Gasteiger partial charge in [0.25, 0.3) is 0 Å². The second-order valence-corrected chi connectivity index (χ2v) is 3.10. The molecular weight excluding hydrogens is 225 g/mol. The summed E-state index contributed by atoms with van der Waals surface area (Å²) in [6.45, 7) is -0.635. The Bertz CT molecular complexity index is 377. The van der Waals surface area contributed by atoms with Gasteiger partial charge in [0.15, 0.2) is 0 Å². The van der Waals surface area contributed by atoms with Crippen LogP contribution in [-0.4, -0.2) is 24.0 Å². The maximum atomic E-state index is 13.3. The Kier molecular flexibility index (Phi) is 3.62. The van der Waals surface area contributed by atoms with E-state index in [0.717, 1.165) is 6.07 Å². The zero-order chi connectivity index (χ0) is 11.4. The fourth-order valence-electron chi connectivity index (χ4n) is 1.08. The SMILES string of the molecule is O=CN(CC(=O)O)c1c(F)cccc1Cl. The molecule has 0 unspecified atom stereocenters. The molecule has 0 heterocycles. The molecule has 1 amide bonds. The lowest BCUT2D eigenvalue weighted by Gasteiger charge is -2.16. The third kappa shape index (κ3) is 2.66. The Labute approximate surface area is 89.9 Å². The molecule has 0 atom stereocenters. The van der Waals surface area contributed by atoms with Crippen molar-refractivity contribution in [3.05, 3.63) is 29.0 Å². The molecule has 0 saturated heterocycles. The predicted octanol–water partition coefficient (Wildman–Crippen LogP) is 1.53. The van der Waals surface area contributed by atoms with E-state index in [2.05, 4.69) is 0 Å². The number of hydrogen-bond acceptors (Lipinski definition) is 2. The standard InChI is InChI=1S/C9H7ClFNO3/c10-6-2-1-3-7(11)9(6)12(5-13)4-8(14)15/h1-3,5H,4H2,(H,14,15). The normalized spacial score (nSPS) is 9.73. The first-order valence-electron chi connectivity index (χ1n) is 3.94. The van der Waals surface area contributed by atoms with Gasteiger partial charge in [-0.2, -0.15) is 0 Å². The van der Waals surface area contributed by atoms with E-state index in [1.54, 1.807) is 0 Å². The Hall–Kier alpha value is -1.62. The summed E-state index contributed by atoms with van der Waals surface area (Å²) < 4.78 is 13.3. The average molecular weight is 232 g/mol. The number of benzene rings is 1. The second-order valence-electron chi connectivity index (χ2n) is 2.70. The van der Waals surface area contributed by atoms with Crippen molar-refractivity contribution < 1.29 is 19.1 Å². The molecule has 6 heteroatoms. The molecule has 80 valence electrons. The van der Waals surface area contributed by atoms with Crippen LogP contribution < -0.4 is 4.90 Å². The smallest absolute Gasteiger partial charge is 0.323 e. The summed E-state index contributed by atoms with van der Waals surface area (Å²) in [6, 6.07) is 3.84. The minimum absolute atomic E-state index is 0.0108. The summed E-state index contributed by atoms with van der Waals surface area (Å²) in [4.78, 5) is 21.7.